The van der Waals surface area contributed by atoms with Gasteiger partial charge in [-0.1, -0.05) is 19.1 Å². The number of hydrogen-bond donors (Lipinski definition) is 0. The van der Waals surface area contributed by atoms with E-state index < -0.39 is 23.9 Å². The molecule has 0 aliphatic heterocycles. The van der Waals surface area contributed by atoms with Crippen molar-refractivity contribution in [1.82, 2.24) is 0 Å². The smallest absolute Gasteiger partial charge is 0.425 e. The van der Waals surface area contributed by atoms with Gasteiger partial charge >= 0.3 is 12.4 Å². The summed E-state index contributed by atoms with van der Waals surface area (Å²) in [4.78, 5) is 0. The van der Waals surface area contributed by atoms with Crippen molar-refractivity contribution in [3.8, 4) is 5.75 Å². The first-order chi connectivity index (χ1) is 9.41. The van der Waals surface area contributed by atoms with E-state index in [1.54, 1.807) is 0 Å². The average Bonchev–Trinajstić information content (AvgIpc) is 2.36. The Morgan fingerprint density at radius 1 is 1.00 bits per heavy atom. The van der Waals surface area contributed by atoms with Crippen LogP contribution in [0, 0.1) is 0 Å². The van der Waals surface area contributed by atoms with Crippen LogP contribution in [0.2, 0.25) is 0 Å². The maximum atomic E-state index is 13.1. The summed E-state index contributed by atoms with van der Waals surface area (Å²) in [6, 6.07) is 4.54. The zero-order chi connectivity index (χ0) is 16.5. The molecule has 0 aromatic heterocycles. The molecule has 0 saturated carbocycles. The number of hydrogen-bond acceptors (Lipinski definition) is 1. The molecule has 0 radical (unpaired) electrons. The second-order valence-corrected chi connectivity index (χ2v) is 5.01. The molecule has 0 N–H and O–H groups in total. The van der Waals surface area contributed by atoms with E-state index in [2.05, 4.69) is 4.74 Å². The van der Waals surface area contributed by atoms with Crippen LogP contribution in [0.5, 0.6) is 5.75 Å². The SMILES string of the molecule is CCC(C)(c1ccc(OC(C)C(F)(F)F)cc1)C(F)(F)F. The highest BCUT2D eigenvalue weighted by atomic mass is 19.4. The molecule has 120 valence electrons. The van der Waals surface area contributed by atoms with E-state index in [0.29, 0.717) is 0 Å². The number of alkyl halides is 6. The van der Waals surface area contributed by atoms with Crippen LogP contribution in [0.15, 0.2) is 24.3 Å². The molecule has 0 spiro atoms. The highest BCUT2D eigenvalue weighted by molar-refractivity contribution is 5.33. The molecule has 0 fully saturated rings. The third kappa shape index (κ3) is 3.83. The van der Waals surface area contributed by atoms with Gasteiger partial charge in [-0.15, -0.1) is 0 Å². The fraction of sp³-hybridized carbons (Fsp3) is 0.571. The summed E-state index contributed by atoms with van der Waals surface area (Å²) in [5.41, 5.74) is -2.05. The van der Waals surface area contributed by atoms with Crippen LogP contribution >= 0.6 is 0 Å². The fourth-order valence-electron chi connectivity index (χ4n) is 1.74. The quantitative estimate of drug-likeness (QED) is 0.690. The minimum atomic E-state index is -4.53. The van der Waals surface area contributed by atoms with Gasteiger partial charge in [-0.25, -0.2) is 0 Å². The van der Waals surface area contributed by atoms with E-state index in [1.165, 1.54) is 6.92 Å². The highest BCUT2D eigenvalue weighted by Gasteiger charge is 2.50. The monoisotopic (exact) mass is 314 g/mol. The van der Waals surface area contributed by atoms with Crippen molar-refractivity contribution in [3.05, 3.63) is 29.8 Å². The van der Waals surface area contributed by atoms with Gasteiger partial charge in [0.05, 0.1) is 5.41 Å². The summed E-state index contributed by atoms with van der Waals surface area (Å²) in [7, 11) is 0. The number of rotatable bonds is 4. The first-order valence-electron chi connectivity index (χ1n) is 6.32. The first-order valence-corrected chi connectivity index (χ1v) is 6.32. The molecule has 21 heavy (non-hydrogen) atoms. The second-order valence-electron chi connectivity index (χ2n) is 5.01. The third-order valence-electron chi connectivity index (χ3n) is 3.60. The molecule has 0 heterocycles. The summed E-state index contributed by atoms with van der Waals surface area (Å²) >= 11 is 0. The minimum absolute atomic E-state index is 0.00971. The molecular weight excluding hydrogens is 298 g/mol. The number of benzene rings is 1. The van der Waals surface area contributed by atoms with E-state index in [9.17, 15) is 26.3 Å². The Morgan fingerprint density at radius 3 is 1.81 bits per heavy atom. The normalized spacial score (nSPS) is 17.2. The van der Waals surface area contributed by atoms with Crippen LogP contribution in [0.4, 0.5) is 26.3 Å². The lowest BCUT2D eigenvalue weighted by atomic mass is 9.79. The standard InChI is InChI=1S/C14H16F6O/c1-4-12(3,14(18,19)20)10-5-7-11(8-6-10)21-9(2)13(15,16)17/h5-9H,4H2,1-3H3. The summed E-state index contributed by atoms with van der Waals surface area (Å²) in [5.74, 6) is -0.121. The topological polar surface area (TPSA) is 9.23 Å². The molecule has 2 atom stereocenters. The van der Waals surface area contributed by atoms with Crippen LogP contribution in [0.3, 0.4) is 0 Å². The third-order valence-corrected chi connectivity index (χ3v) is 3.60. The molecule has 1 aromatic carbocycles. The zero-order valence-corrected chi connectivity index (χ0v) is 11.8. The molecule has 0 bridgehead atoms. The molecule has 1 aromatic rings. The zero-order valence-electron chi connectivity index (χ0n) is 11.8. The molecule has 1 rings (SSSR count). The van der Waals surface area contributed by atoms with Gasteiger partial charge in [0.25, 0.3) is 0 Å². The van der Waals surface area contributed by atoms with Gasteiger partial charge in [-0.3, -0.25) is 0 Å². The lowest BCUT2D eigenvalue weighted by Gasteiger charge is -2.31. The summed E-state index contributed by atoms with van der Waals surface area (Å²) in [6.45, 7) is 3.30. The predicted molar refractivity (Wildman–Crippen MR) is 66.3 cm³/mol. The van der Waals surface area contributed by atoms with Crippen molar-refractivity contribution in [3.63, 3.8) is 0 Å². The van der Waals surface area contributed by atoms with Gasteiger partial charge in [-0.2, -0.15) is 26.3 Å². The Labute approximate surface area is 118 Å². The molecular formula is C14H16F6O. The van der Waals surface area contributed by atoms with Crippen LogP contribution in [0.25, 0.3) is 0 Å². The first kappa shape index (κ1) is 17.7. The fourth-order valence-corrected chi connectivity index (χ4v) is 1.74. The van der Waals surface area contributed by atoms with Gasteiger partial charge in [0.1, 0.15) is 5.75 Å². The molecule has 0 aliphatic carbocycles. The summed E-state index contributed by atoms with van der Waals surface area (Å²) in [6.07, 6.45) is -11.2. The van der Waals surface area contributed by atoms with Crippen molar-refractivity contribution in [2.24, 2.45) is 0 Å². The Kier molecular flexibility index (Phi) is 4.85. The van der Waals surface area contributed by atoms with E-state index >= 15 is 0 Å². The van der Waals surface area contributed by atoms with Crippen molar-refractivity contribution in [2.75, 3.05) is 0 Å². The van der Waals surface area contributed by atoms with Crippen LogP contribution in [-0.4, -0.2) is 18.5 Å². The van der Waals surface area contributed by atoms with E-state index in [-0.39, 0.29) is 17.7 Å². The maximum absolute atomic E-state index is 13.1. The molecule has 0 amide bonds. The number of halogens is 6. The predicted octanol–water partition coefficient (Wildman–Crippen LogP) is 5.25. The largest absolute Gasteiger partial charge is 0.481 e. The molecule has 1 nitrogen and oxygen atoms in total. The van der Waals surface area contributed by atoms with Crippen molar-refractivity contribution in [1.29, 1.82) is 0 Å². The Bertz CT molecular complexity index is 462. The van der Waals surface area contributed by atoms with Gasteiger partial charge in [0, 0.05) is 0 Å². The van der Waals surface area contributed by atoms with Gasteiger partial charge in [0.15, 0.2) is 6.10 Å². The summed E-state index contributed by atoms with van der Waals surface area (Å²) < 4.78 is 80.9. The van der Waals surface area contributed by atoms with Crippen molar-refractivity contribution >= 4 is 0 Å². The van der Waals surface area contributed by atoms with Crippen LogP contribution in [0.1, 0.15) is 32.8 Å². The molecule has 0 saturated heterocycles. The Balaban J connectivity index is 2.98. The maximum Gasteiger partial charge on any atom is 0.425 e. The van der Waals surface area contributed by atoms with Crippen LogP contribution < -0.4 is 4.74 Å². The molecule has 7 heteroatoms. The lowest BCUT2D eigenvalue weighted by Crippen LogP contribution is -2.38. The highest BCUT2D eigenvalue weighted by Crippen LogP contribution is 2.43. The Morgan fingerprint density at radius 2 is 1.48 bits per heavy atom. The molecule has 0 aliphatic rings. The Hall–Kier alpha value is -1.40. The van der Waals surface area contributed by atoms with E-state index in [0.717, 1.165) is 38.1 Å². The van der Waals surface area contributed by atoms with Gasteiger partial charge in [0.2, 0.25) is 0 Å². The molecule has 2 unspecified atom stereocenters. The van der Waals surface area contributed by atoms with E-state index in [1.807, 2.05) is 0 Å². The lowest BCUT2D eigenvalue weighted by molar-refractivity contribution is -0.189. The van der Waals surface area contributed by atoms with Crippen molar-refractivity contribution < 1.29 is 31.1 Å². The van der Waals surface area contributed by atoms with Gasteiger partial charge in [-0.05, 0) is 38.0 Å². The number of ether oxygens (including phenoxy) is 1. The van der Waals surface area contributed by atoms with Crippen LogP contribution in [-0.2, 0) is 5.41 Å². The van der Waals surface area contributed by atoms with Crippen molar-refractivity contribution in [2.45, 2.75) is 51.1 Å². The van der Waals surface area contributed by atoms with Gasteiger partial charge < -0.3 is 4.74 Å². The average molecular weight is 314 g/mol. The summed E-state index contributed by atoms with van der Waals surface area (Å²) in [5, 5.41) is 0. The second kappa shape index (κ2) is 5.77. The minimum Gasteiger partial charge on any atom is -0.481 e. The van der Waals surface area contributed by atoms with E-state index in [4.69, 9.17) is 0 Å².